The summed E-state index contributed by atoms with van der Waals surface area (Å²) < 4.78 is 13.6. The van der Waals surface area contributed by atoms with Crippen molar-refractivity contribution in [2.24, 2.45) is 0 Å². The highest BCUT2D eigenvalue weighted by molar-refractivity contribution is 5.35. The molecular formula is C13H17FO. The van der Waals surface area contributed by atoms with Crippen molar-refractivity contribution in [2.75, 3.05) is 0 Å². The van der Waals surface area contributed by atoms with E-state index in [0.29, 0.717) is 12.0 Å². The van der Waals surface area contributed by atoms with Crippen molar-refractivity contribution in [2.45, 2.75) is 45.1 Å². The molecule has 1 nitrogen and oxygen atoms in total. The fraction of sp³-hybridized carbons (Fsp3) is 0.538. The van der Waals surface area contributed by atoms with E-state index in [1.54, 1.807) is 13.0 Å². The second kappa shape index (κ2) is 4.31. The summed E-state index contributed by atoms with van der Waals surface area (Å²) in [5.74, 6) is -0.156. The molecule has 1 aliphatic carbocycles. The molecule has 1 aromatic rings. The Labute approximate surface area is 89.9 Å². The molecule has 0 saturated carbocycles. The van der Waals surface area contributed by atoms with Crippen LogP contribution in [0.25, 0.3) is 0 Å². The number of hydrogen-bond acceptors (Lipinski definition) is 1. The molecule has 2 heteroatoms. The molecule has 2 rings (SSSR count). The normalized spacial score (nSPS) is 17.3. The Hall–Kier alpha value is -0.890. The molecular weight excluding hydrogens is 191 g/mol. The molecule has 0 aliphatic heterocycles. The Morgan fingerprint density at radius 2 is 1.87 bits per heavy atom. The van der Waals surface area contributed by atoms with Crippen molar-refractivity contribution in [3.8, 4) is 0 Å². The van der Waals surface area contributed by atoms with Gasteiger partial charge >= 0.3 is 0 Å². The van der Waals surface area contributed by atoms with Crippen molar-refractivity contribution < 1.29 is 9.50 Å². The van der Waals surface area contributed by atoms with Crippen molar-refractivity contribution in [1.29, 1.82) is 0 Å². The smallest absolute Gasteiger partial charge is 0.126 e. The molecule has 0 saturated heterocycles. The van der Waals surface area contributed by atoms with Crippen LogP contribution in [0.1, 0.15) is 36.5 Å². The zero-order valence-electron chi connectivity index (χ0n) is 9.09. The van der Waals surface area contributed by atoms with Gasteiger partial charge in [0.15, 0.2) is 0 Å². The lowest BCUT2D eigenvalue weighted by atomic mass is 9.89. The third-order valence-corrected chi connectivity index (χ3v) is 3.03. The van der Waals surface area contributed by atoms with Gasteiger partial charge in [0, 0.05) is 6.42 Å². The molecule has 1 atom stereocenters. The molecule has 0 bridgehead atoms. The highest BCUT2D eigenvalue weighted by Crippen LogP contribution is 2.24. The third kappa shape index (κ3) is 2.37. The fourth-order valence-electron chi connectivity index (χ4n) is 2.28. The number of fused-ring (bicyclic) bond motifs is 1. The standard InChI is InChI=1S/C13H17FO/c1-9(15)6-12-7-10-4-2-3-5-11(10)8-13(12)14/h7-9,15H,2-6H2,1H3. The van der Waals surface area contributed by atoms with E-state index >= 15 is 0 Å². The van der Waals surface area contributed by atoms with Gasteiger partial charge in [-0.2, -0.15) is 0 Å². The maximum atomic E-state index is 13.6. The zero-order chi connectivity index (χ0) is 10.8. The molecule has 0 radical (unpaired) electrons. The van der Waals surface area contributed by atoms with Gasteiger partial charge in [-0.1, -0.05) is 6.07 Å². The Kier molecular flexibility index (Phi) is 3.06. The molecule has 0 heterocycles. The second-order valence-electron chi connectivity index (χ2n) is 4.47. The van der Waals surface area contributed by atoms with Gasteiger partial charge in [0.05, 0.1) is 6.10 Å². The number of rotatable bonds is 2. The number of aliphatic hydroxyl groups excluding tert-OH is 1. The van der Waals surface area contributed by atoms with E-state index in [1.807, 2.05) is 6.07 Å². The number of aryl methyl sites for hydroxylation is 2. The third-order valence-electron chi connectivity index (χ3n) is 3.03. The summed E-state index contributed by atoms with van der Waals surface area (Å²) >= 11 is 0. The van der Waals surface area contributed by atoms with E-state index < -0.39 is 6.10 Å². The summed E-state index contributed by atoms with van der Waals surface area (Å²) in [5, 5.41) is 9.27. The van der Waals surface area contributed by atoms with Crippen LogP contribution in [0.3, 0.4) is 0 Å². The summed E-state index contributed by atoms with van der Waals surface area (Å²) in [5.41, 5.74) is 3.09. The predicted octanol–water partition coefficient (Wildman–Crippen LogP) is 2.63. The summed E-state index contributed by atoms with van der Waals surface area (Å²) in [6.07, 6.45) is 4.37. The van der Waals surface area contributed by atoms with Crippen LogP contribution < -0.4 is 0 Å². The van der Waals surface area contributed by atoms with Crippen LogP contribution >= 0.6 is 0 Å². The van der Waals surface area contributed by atoms with Crippen LogP contribution in [0.4, 0.5) is 4.39 Å². The monoisotopic (exact) mass is 208 g/mol. The van der Waals surface area contributed by atoms with Crippen LogP contribution in [-0.2, 0) is 19.3 Å². The lowest BCUT2D eigenvalue weighted by molar-refractivity contribution is 0.194. The number of aliphatic hydroxyl groups is 1. The molecule has 0 aromatic heterocycles. The maximum Gasteiger partial charge on any atom is 0.126 e. The van der Waals surface area contributed by atoms with Gasteiger partial charge in [0.1, 0.15) is 5.82 Å². The lowest BCUT2D eigenvalue weighted by Gasteiger charge is -2.17. The van der Waals surface area contributed by atoms with E-state index in [-0.39, 0.29) is 5.82 Å². The first-order valence-corrected chi connectivity index (χ1v) is 5.65. The zero-order valence-corrected chi connectivity index (χ0v) is 9.09. The van der Waals surface area contributed by atoms with Crippen molar-refractivity contribution >= 4 is 0 Å². The Bertz CT molecular complexity index is 358. The van der Waals surface area contributed by atoms with Crippen molar-refractivity contribution in [3.63, 3.8) is 0 Å². The highest BCUT2D eigenvalue weighted by atomic mass is 19.1. The van der Waals surface area contributed by atoms with Gasteiger partial charge in [0.25, 0.3) is 0 Å². The molecule has 1 aliphatic rings. The highest BCUT2D eigenvalue weighted by Gasteiger charge is 2.14. The quantitative estimate of drug-likeness (QED) is 0.792. The van der Waals surface area contributed by atoms with Gasteiger partial charge in [-0.05, 0) is 55.4 Å². The Morgan fingerprint density at radius 1 is 1.27 bits per heavy atom. The number of hydrogen-bond donors (Lipinski definition) is 1. The summed E-state index contributed by atoms with van der Waals surface area (Å²) in [6, 6.07) is 3.60. The second-order valence-corrected chi connectivity index (χ2v) is 4.47. The SMILES string of the molecule is CC(O)Cc1cc2c(cc1F)CCCC2. The van der Waals surface area contributed by atoms with E-state index in [4.69, 9.17) is 0 Å². The van der Waals surface area contributed by atoms with Gasteiger partial charge in [0.2, 0.25) is 0 Å². The molecule has 0 spiro atoms. The molecule has 82 valence electrons. The van der Waals surface area contributed by atoms with Gasteiger partial charge in [-0.25, -0.2) is 4.39 Å². The first kappa shape index (κ1) is 10.6. The Morgan fingerprint density at radius 3 is 2.47 bits per heavy atom. The predicted molar refractivity (Wildman–Crippen MR) is 58.4 cm³/mol. The van der Waals surface area contributed by atoms with E-state index in [1.165, 1.54) is 18.4 Å². The summed E-state index contributed by atoms with van der Waals surface area (Å²) in [6.45, 7) is 1.69. The molecule has 0 fully saturated rings. The van der Waals surface area contributed by atoms with Gasteiger partial charge in [-0.15, -0.1) is 0 Å². The minimum absolute atomic E-state index is 0.156. The van der Waals surface area contributed by atoms with Crippen LogP contribution in [0, 0.1) is 5.82 Å². The molecule has 1 aromatic carbocycles. The first-order valence-electron chi connectivity index (χ1n) is 5.65. The summed E-state index contributed by atoms with van der Waals surface area (Å²) in [7, 11) is 0. The minimum Gasteiger partial charge on any atom is -0.393 e. The van der Waals surface area contributed by atoms with Crippen LogP contribution in [0.5, 0.6) is 0 Å². The van der Waals surface area contributed by atoms with E-state index in [2.05, 4.69) is 0 Å². The Balaban J connectivity index is 2.32. The summed E-state index contributed by atoms with van der Waals surface area (Å²) in [4.78, 5) is 0. The van der Waals surface area contributed by atoms with E-state index in [0.717, 1.165) is 18.4 Å². The van der Waals surface area contributed by atoms with Crippen LogP contribution in [0.2, 0.25) is 0 Å². The molecule has 15 heavy (non-hydrogen) atoms. The van der Waals surface area contributed by atoms with Crippen LogP contribution in [0.15, 0.2) is 12.1 Å². The molecule has 1 N–H and O–H groups in total. The van der Waals surface area contributed by atoms with Gasteiger partial charge < -0.3 is 5.11 Å². The van der Waals surface area contributed by atoms with E-state index in [9.17, 15) is 9.50 Å². The average Bonchev–Trinajstić information content (AvgIpc) is 2.18. The minimum atomic E-state index is -0.471. The number of benzene rings is 1. The average molecular weight is 208 g/mol. The largest absolute Gasteiger partial charge is 0.393 e. The van der Waals surface area contributed by atoms with Gasteiger partial charge in [-0.3, -0.25) is 0 Å². The topological polar surface area (TPSA) is 20.2 Å². The van der Waals surface area contributed by atoms with Crippen molar-refractivity contribution in [3.05, 3.63) is 34.6 Å². The molecule has 1 unspecified atom stereocenters. The molecule has 0 amide bonds. The first-order chi connectivity index (χ1) is 7.16. The van der Waals surface area contributed by atoms with Crippen molar-refractivity contribution in [1.82, 2.24) is 0 Å². The lowest BCUT2D eigenvalue weighted by Crippen LogP contribution is -2.10. The van der Waals surface area contributed by atoms with Crippen LogP contribution in [-0.4, -0.2) is 11.2 Å². The fourth-order valence-corrected chi connectivity index (χ4v) is 2.28. The number of halogens is 1. The maximum absolute atomic E-state index is 13.6.